The number of rotatable bonds is 2. The number of esters is 1. The minimum Gasteiger partial charge on any atom is -0.466 e. The van der Waals surface area contributed by atoms with E-state index in [-0.39, 0.29) is 19.4 Å². The van der Waals surface area contributed by atoms with E-state index in [1.807, 2.05) is 0 Å². The van der Waals surface area contributed by atoms with Crippen LogP contribution in [0.4, 0.5) is 8.78 Å². The fraction of sp³-hybridized carbons (Fsp3) is 0.889. The summed E-state index contributed by atoms with van der Waals surface area (Å²) in [5, 5.41) is 0. The van der Waals surface area contributed by atoms with Crippen LogP contribution in [0.5, 0.6) is 0 Å². The third kappa shape index (κ3) is 2.39. The molecule has 1 saturated carbocycles. The molecule has 76 valence electrons. The van der Waals surface area contributed by atoms with Crippen LogP contribution in [-0.4, -0.2) is 18.5 Å². The van der Waals surface area contributed by atoms with Gasteiger partial charge < -0.3 is 4.74 Å². The van der Waals surface area contributed by atoms with Gasteiger partial charge in [-0.2, -0.15) is 0 Å². The molecule has 4 heteroatoms. The van der Waals surface area contributed by atoms with Gasteiger partial charge in [0, 0.05) is 6.42 Å². The van der Waals surface area contributed by atoms with Gasteiger partial charge in [-0.3, -0.25) is 4.79 Å². The van der Waals surface area contributed by atoms with E-state index in [9.17, 15) is 13.6 Å². The normalized spacial score (nSPS) is 26.8. The van der Waals surface area contributed by atoms with Gasteiger partial charge in [0.1, 0.15) is 5.92 Å². The van der Waals surface area contributed by atoms with Crippen molar-refractivity contribution in [2.75, 3.05) is 6.61 Å². The van der Waals surface area contributed by atoms with Crippen LogP contribution < -0.4 is 0 Å². The second-order valence-electron chi connectivity index (χ2n) is 3.31. The highest BCUT2D eigenvalue weighted by Gasteiger charge is 2.46. The first-order valence-corrected chi connectivity index (χ1v) is 4.62. The number of hydrogen-bond acceptors (Lipinski definition) is 2. The summed E-state index contributed by atoms with van der Waals surface area (Å²) < 4.78 is 30.9. The van der Waals surface area contributed by atoms with Gasteiger partial charge in [-0.1, -0.05) is 6.42 Å². The second-order valence-corrected chi connectivity index (χ2v) is 3.31. The fourth-order valence-corrected chi connectivity index (χ4v) is 1.63. The number of carbonyl (C=O) groups is 1. The Bertz CT molecular complexity index is 192. The first-order valence-electron chi connectivity index (χ1n) is 4.62. The number of carbonyl (C=O) groups excluding carboxylic acids is 1. The zero-order chi connectivity index (χ0) is 9.90. The summed E-state index contributed by atoms with van der Waals surface area (Å²) in [5.74, 6) is -4.81. The predicted octanol–water partition coefficient (Wildman–Crippen LogP) is 2.38. The SMILES string of the molecule is CCOC(=O)[C@H]1CCCCC1(F)F. The number of ether oxygens (including phenoxy) is 1. The lowest BCUT2D eigenvalue weighted by molar-refractivity contribution is -0.168. The van der Waals surface area contributed by atoms with Crippen molar-refractivity contribution in [2.45, 2.75) is 38.5 Å². The standard InChI is InChI=1S/C9H14F2O2/c1-2-13-8(12)7-5-3-4-6-9(7,10)11/h7H,2-6H2,1H3/t7-/m1/s1. The van der Waals surface area contributed by atoms with Gasteiger partial charge in [0.05, 0.1) is 6.61 Å². The van der Waals surface area contributed by atoms with Crippen LogP contribution in [0.15, 0.2) is 0 Å². The van der Waals surface area contributed by atoms with Crippen LogP contribution in [0, 0.1) is 5.92 Å². The molecule has 0 radical (unpaired) electrons. The van der Waals surface area contributed by atoms with Crippen LogP contribution in [0.2, 0.25) is 0 Å². The van der Waals surface area contributed by atoms with E-state index in [2.05, 4.69) is 4.74 Å². The molecule has 0 bridgehead atoms. The predicted molar refractivity (Wildman–Crippen MR) is 43.5 cm³/mol. The molecule has 1 atom stereocenters. The molecule has 0 aromatic rings. The average molecular weight is 192 g/mol. The molecule has 1 rings (SSSR count). The Hall–Kier alpha value is -0.670. The maximum Gasteiger partial charge on any atom is 0.315 e. The Labute approximate surface area is 76.3 Å². The summed E-state index contributed by atoms with van der Waals surface area (Å²) >= 11 is 0. The Morgan fingerprint density at radius 1 is 1.54 bits per heavy atom. The molecule has 2 nitrogen and oxygen atoms in total. The van der Waals surface area contributed by atoms with Crippen LogP contribution in [-0.2, 0) is 9.53 Å². The van der Waals surface area contributed by atoms with E-state index in [4.69, 9.17) is 0 Å². The van der Waals surface area contributed by atoms with Crippen molar-refractivity contribution >= 4 is 5.97 Å². The molecular formula is C9H14F2O2. The number of alkyl halides is 2. The van der Waals surface area contributed by atoms with Gasteiger partial charge in [-0.15, -0.1) is 0 Å². The van der Waals surface area contributed by atoms with E-state index < -0.39 is 17.8 Å². The third-order valence-corrected chi connectivity index (χ3v) is 2.33. The smallest absolute Gasteiger partial charge is 0.315 e. The lowest BCUT2D eigenvalue weighted by Gasteiger charge is -2.29. The molecule has 1 aliphatic rings. The van der Waals surface area contributed by atoms with Crippen molar-refractivity contribution in [1.29, 1.82) is 0 Å². The third-order valence-electron chi connectivity index (χ3n) is 2.33. The molecule has 0 aromatic carbocycles. The molecule has 0 aromatic heterocycles. The molecule has 13 heavy (non-hydrogen) atoms. The van der Waals surface area contributed by atoms with Crippen LogP contribution in [0.1, 0.15) is 32.6 Å². The van der Waals surface area contributed by atoms with Gasteiger partial charge in [0.15, 0.2) is 0 Å². The highest BCUT2D eigenvalue weighted by molar-refractivity contribution is 5.73. The van der Waals surface area contributed by atoms with Gasteiger partial charge in [-0.05, 0) is 19.8 Å². The van der Waals surface area contributed by atoms with Crippen molar-refractivity contribution in [3.05, 3.63) is 0 Å². The Balaban J connectivity index is 2.59. The van der Waals surface area contributed by atoms with Gasteiger partial charge >= 0.3 is 5.97 Å². The second kappa shape index (κ2) is 4.03. The fourth-order valence-electron chi connectivity index (χ4n) is 1.63. The van der Waals surface area contributed by atoms with Crippen LogP contribution in [0.3, 0.4) is 0 Å². The zero-order valence-electron chi connectivity index (χ0n) is 7.69. The van der Waals surface area contributed by atoms with Crippen molar-refractivity contribution in [3.63, 3.8) is 0 Å². The molecule has 1 aliphatic carbocycles. The minimum absolute atomic E-state index is 0.172. The molecule has 0 N–H and O–H groups in total. The average Bonchev–Trinajstić information content (AvgIpc) is 2.03. The van der Waals surface area contributed by atoms with E-state index >= 15 is 0 Å². The van der Waals surface area contributed by atoms with Crippen molar-refractivity contribution in [3.8, 4) is 0 Å². The lowest BCUT2D eigenvalue weighted by atomic mass is 9.86. The first-order chi connectivity index (χ1) is 6.08. The van der Waals surface area contributed by atoms with Gasteiger partial charge in [-0.25, -0.2) is 8.78 Å². The van der Waals surface area contributed by atoms with Crippen molar-refractivity contribution in [1.82, 2.24) is 0 Å². The topological polar surface area (TPSA) is 26.3 Å². The van der Waals surface area contributed by atoms with Crippen molar-refractivity contribution in [2.24, 2.45) is 5.92 Å². The van der Waals surface area contributed by atoms with E-state index in [0.29, 0.717) is 12.8 Å². The summed E-state index contributed by atoms with van der Waals surface area (Å²) in [6.45, 7) is 1.80. The lowest BCUT2D eigenvalue weighted by Crippen LogP contribution is -2.38. The molecule has 0 heterocycles. The van der Waals surface area contributed by atoms with Crippen molar-refractivity contribution < 1.29 is 18.3 Å². The highest BCUT2D eigenvalue weighted by atomic mass is 19.3. The summed E-state index contributed by atoms with van der Waals surface area (Å²) in [5.41, 5.74) is 0. The summed E-state index contributed by atoms with van der Waals surface area (Å²) in [7, 11) is 0. The van der Waals surface area contributed by atoms with E-state index in [1.165, 1.54) is 0 Å². The van der Waals surface area contributed by atoms with Crippen LogP contribution in [0.25, 0.3) is 0 Å². The quantitative estimate of drug-likeness (QED) is 0.628. The molecular weight excluding hydrogens is 178 g/mol. The molecule has 0 amide bonds. The molecule has 0 aliphatic heterocycles. The van der Waals surface area contributed by atoms with E-state index in [1.54, 1.807) is 6.92 Å². The summed E-state index contributed by atoms with van der Waals surface area (Å²) in [6.07, 6.45) is 1.27. The van der Waals surface area contributed by atoms with Gasteiger partial charge in [0.25, 0.3) is 5.92 Å². The molecule has 0 unspecified atom stereocenters. The monoisotopic (exact) mass is 192 g/mol. The Morgan fingerprint density at radius 2 is 2.23 bits per heavy atom. The largest absolute Gasteiger partial charge is 0.466 e. The molecule has 1 fully saturated rings. The highest BCUT2D eigenvalue weighted by Crippen LogP contribution is 2.38. The maximum absolute atomic E-state index is 13.1. The number of halogens is 2. The van der Waals surface area contributed by atoms with Crippen LogP contribution >= 0.6 is 0 Å². The Kier molecular flexibility index (Phi) is 3.22. The summed E-state index contributed by atoms with van der Waals surface area (Å²) in [4.78, 5) is 11.1. The van der Waals surface area contributed by atoms with E-state index in [0.717, 1.165) is 0 Å². The molecule has 0 spiro atoms. The molecule has 0 saturated heterocycles. The van der Waals surface area contributed by atoms with Gasteiger partial charge in [0.2, 0.25) is 0 Å². The summed E-state index contributed by atoms with van der Waals surface area (Å²) in [6, 6.07) is 0. The first kappa shape index (κ1) is 10.4. The maximum atomic E-state index is 13.1. The minimum atomic E-state index is -2.86. The Morgan fingerprint density at radius 3 is 2.77 bits per heavy atom. The number of hydrogen-bond donors (Lipinski definition) is 0. The zero-order valence-corrected chi connectivity index (χ0v) is 7.69.